The zero-order valence-electron chi connectivity index (χ0n) is 12.2. The Bertz CT molecular complexity index is 620. The SMILES string of the molecule is CC(=O)N1CCC[C@@H]1C(=O)Nc1cc2c(cc1Br)OCCO2. The van der Waals surface area contributed by atoms with E-state index in [9.17, 15) is 9.59 Å². The van der Waals surface area contributed by atoms with Gasteiger partial charge in [-0.1, -0.05) is 0 Å². The average molecular weight is 369 g/mol. The standard InChI is InChI=1S/C15H17BrN2O4/c1-9(19)18-4-2-3-12(18)15(20)17-11-8-14-13(7-10(11)16)21-5-6-22-14/h7-8,12H,2-6H2,1H3,(H,17,20)/t12-/m1/s1. The van der Waals surface area contributed by atoms with Gasteiger partial charge in [0.15, 0.2) is 11.5 Å². The Labute approximate surface area is 136 Å². The lowest BCUT2D eigenvalue weighted by Gasteiger charge is -2.24. The molecule has 3 rings (SSSR count). The van der Waals surface area contributed by atoms with Crippen molar-refractivity contribution in [1.29, 1.82) is 0 Å². The predicted octanol–water partition coefficient (Wildman–Crippen LogP) is 2.17. The number of likely N-dealkylation sites (tertiary alicyclic amines) is 1. The lowest BCUT2D eigenvalue weighted by molar-refractivity contribution is -0.134. The van der Waals surface area contributed by atoms with Crippen LogP contribution in [0.3, 0.4) is 0 Å². The van der Waals surface area contributed by atoms with Gasteiger partial charge >= 0.3 is 0 Å². The fourth-order valence-electron chi connectivity index (χ4n) is 2.79. The molecule has 0 unspecified atom stereocenters. The first-order valence-corrected chi connectivity index (χ1v) is 8.03. The van der Waals surface area contributed by atoms with Crippen molar-refractivity contribution < 1.29 is 19.1 Å². The van der Waals surface area contributed by atoms with Crippen LogP contribution in [0.2, 0.25) is 0 Å². The number of halogens is 1. The number of hydrogen-bond donors (Lipinski definition) is 1. The first-order valence-electron chi connectivity index (χ1n) is 7.23. The molecule has 1 fully saturated rings. The highest BCUT2D eigenvalue weighted by atomic mass is 79.9. The van der Waals surface area contributed by atoms with E-state index in [0.717, 1.165) is 10.9 Å². The molecule has 1 aromatic carbocycles. The van der Waals surface area contributed by atoms with Gasteiger partial charge in [0.25, 0.3) is 0 Å². The minimum absolute atomic E-state index is 0.0705. The van der Waals surface area contributed by atoms with Gasteiger partial charge < -0.3 is 19.7 Å². The van der Waals surface area contributed by atoms with Crippen molar-refractivity contribution >= 4 is 33.4 Å². The lowest BCUT2D eigenvalue weighted by Crippen LogP contribution is -2.42. The van der Waals surface area contributed by atoms with Crippen molar-refractivity contribution in [1.82, 2.24) is 4.90 Å². The van der Waals surface area contributed by atoms with Crippen molar-refractivity contribution in [3.63, 3.8) is 0 Å². The zero-order valence-corrected chi connectivity index (χ0v) is 13.8. The van der Waals surface area contributed by atoms with E-state index in [-0.39, 0.29) is 11.8 Å². The van der Waals surface area contributed by atoms with Crippen molar-refractivity contribution in [3.8, 4) is 11.5 Å². The smallest absolute Gasteiger partial charge is 0.247 e. The lowest BCUT2D eigenvalue weighted by atomic mass is 10.2. The molecule has 0 saturated carbocycles. The molecule has 2 heterocycles. The molecule has 1 saturated heterocycles. The normalized spacial score (nSPS) is 19.9. The van der Waals surface area contributed by atoms with Gasteiger partial charge in [-0.25, -0.2) is 0 Å². The maximum atomic E-state index is 12.5. The summed E-state index contributed by atoms with van der Waals surface area (Å²) in [5.74, 6) is 1.02. The van der Waals surface area contributed by atoms with Crippen LogP contribution in [-0.4, -0.2) is 42.5 Å². The molecule has 1 aromatic rings. The van der Waals surface area contributed by atoms with Crippen LogP contribution < -0.4 is 14.8 Å². The van der Waals surface area contributed by atoms with Crippen LogP contribution in [0, 0.1) is 0 Å². The highest BCUT2D eigenvalue weighted by molar-refractivity contribution is 9.10. The molecule has 118 valence electrons. The summed E-state index contributed by atoms with van der Waals surface area (Å²) in [5.41, 5.74) is 0.615. The Morgan fingerprint density at radius 3 is 2.64 bits per heavy atom. The molecule has 7 heteroatoms. The third-order valence-electron chi connectivity index (χ3n) is 3.85. The van der Waals surface area contributed by atoms with E-state index in [1.807, 2.05) is 0 Å². The summed E-state index contributed by atoms with van der Waals surface area (Å²) in [7, 11) is 0. The summed E-state index contributed by atoms with van der Waals surface area (Å²) >= 11 is 3.43. The number of hydrogen-bond acceptors (Lipinski definition) is 4. The van der Waals surface area contributed by atoms with Gasteiger partial charge in [0.2, 0.25) is 11.8 Å². The monoisotopic (exact) mass is 368 g/mol. The van der Waals surface area contributed by atoms with E-state index in [1.54, 1.807) is 17.0 Å². The van der Waals surface area contributed by atoms with E-state index in [1.165, 1.54) is 6.92 Å². The third kappa shape index (κ3) is 2.90. The van der Waals surface area contributed by atoms with E-state index >= 15 is 0 Å². The molecule has 0 radical (unpaired) electrons. The van der Waals surface area contributed by atoms with Gasteiger partial charge in [0, 0.05) is 30.1 Å². The summed E-state index contributed by atoms with van der Waals surface area (Å²) in [6.07, 6.45) is 1.54. The molecule has 2 aliphatic heterocycles. The largest absolute Gasteiger partial charge is 0.486 e. The maximum absolute atomic E-state index is 12.5. The van der Waals surface area contributed by atoms with Gasteiger partial charge in [-0.05, 0) is 28.8 Å². The minimum Gasteiger partial charge on any atom is -0.486 e. The Morgan fingerprint density at radius 2 is 1.95 bits per heavy atom. The van der Waals surface area contributed by atoms with Gasteiger partial charge in [-0.15, -0.1) is 0 Å². The topological polar surface area (TPSA) is 67.9 Å². The van der Waals surface area contributed by atoms with Gasteiger partial charge in [-0.3, -0.25) is 9.59 Å². The number of nitrogens with one attached hydrogen (secondary N) is 1. The number of anilines is 1. The molecule has 22 heavy (non-hydrogen) atoms. The summed E-state index contributed by atoms with van der Waals surface area (Å²) in [6, 6.07) is 3.11. The van der Waals surface area contributed by atoms with Crippen molar-refractivity contribution in [3.05, 3.63) is 16.6 Å². The molecule has 1 atom stereocenters. The van der Waals surface area contributed by atoms with E-state index in [0.29, 0.717) is 43.4 Å². The fraction of sp³-hybridized carbons (Fsp3) is 0.467. The molecule has 0 spiro atoms. The number of carbonyl (C=O) groups excluding carboxylic acids is 2. The maximum Gasteiger partial charge on any atom is 0.247 e. The van der Waals surface area contributed by atoms with E-state index in [2.05, 4.69) is 21.2 Å². The Balaban J connectivity index is 1.78. The third-order valence-corrected chi connectivity index (χ3v) is 4.51. The summed E-state index contributed by atoms with van der Waals surface area (Å²) in [5, 5.41) is 2.87. The van der Waals surface area contributed by atoms with Crippen LogP contribution in [0.25, 0.3) is 0 Å². The number of amides is 2. The number of rotatable bonds is 2. The van der Waals surface area contributed by atoms with Crippen LogP contribution in [-0.2, 0) is 9.59 Å². The summed E-state index contributed by atoms with van der Waals surface area (Å²) in [4.78, 5) is 25.6. The van der Waals surface area contributed by atoms with Gasteiger partial charge in [-0.2, -0.15) is 0 Å². The minimum atomic E-state index is -0.405. The number of benzene rings is 1. The molecular weight excluding hydrogens is 352 g/mol. The summed E-state index contributed by atoms with van der Waals surface area (Å²) in [6.45, 7) is 3.13. The van der Waals surface area contributed by atoms with Gasteiger partial charge in [0.1, 0.15) is 19.3 Å². The molecule has 0 aliphatic carbocycles. The fourth-order valence-corrected chi connectivity index (χ4v) is 3.21. The van der Waals surface area contributed by atoms with Gasteiger partial charge in [0.05, 0.1) is 5.69 Å². The Morgan fingerprint density at radius 1 is 1.27 bits per heavy atom. The first kappa shape index (κ1) is 15.1. The van der Waals surface area contributed by atoms with Crippen LogP contribution in [0.1, 0.15) is 19.8 Å². The highest BCUT2D eigenvalue weighted by Gasteiger charge is 2.32. The van der Waals surface area contributed by atoms with Crippen molar-refractivity contribution in [2.75, 3.05) is 25.1 Å². The predicted molar refractivity (Wildman–Crippen MR) is 84.2 cm³/mol. The number of fused-ring (bicyclic) bond motifs is 1. The second-order valence-electron chi connectivity index (χ2n) is 5.34. The molecule has 2 aliphatic rings. The van der Waals surface area contributed by atoms with E-state index < -0.39 is 6.04 Å². The Kier molecular flexibility index (Phi) is 4.24. The second-order valence-corrected chi connectivity index (χ2v) is 6.19. The molecule has 0 bridgehead atoms. The number of ether oxygens (including phenoxy) is 2. The van der Waals surface area contributed by atoms with Crippen LogP contribution in [0.15, 0.2) is 16.6 Å². The first-order chi connectivity index (χ1) is 10.6. The van der Waals surface area contributed by atoms with Crippen molar-refractivity contribution in [2.45, 2.75) is 25.8 Å². The zero-order chi connectivity index (χ0) is 15.7. The highest BCUT2D eigenvalue weighted by Crippen LogP contribution is 2.38. The number of nitrogens with zero attached hydrogens (tertiary/aromatic N) is 1. The molecular formula is C15H17BrN2O4. The molecule has 2 amide bonds. The van der Waals surface area contributed by atoms with E-state index in [4.69, 9.17) is 9.47 Å². The molecule has 1 N–H and O–H groups in total. The second kappa shape index (κ2) is 6.16. The quantitative estimate of drug-likeness (QED) is 0.868. The van der Waals surface area contributed by atoms with Crippen LogP contribution in [0.4, 0.5) is 5.69 Å². The van der Waals surface area contributed by atoms with Crippen LogP contribution in [0.5, 0.6) is 11.5 Å². The van der Waals surface area contributed by atoms with Crippen LogP contribution >= 0.6 is 15.9 Å². The molecule has 0 aromatic heterocycles. The average Bonchev–Trinajstić information content (AvgIpc) is 2.97. The molecule has 6 nitrogen and oxygen atoms in total. The Hall–Kier alpha value is -1.76. The number of carbonyl (C=O) groups is 2. The summed E-state index contributed by atoms with van der Waals surface area (Å²) < 4.78 is 11.7. The van der Waals surface area contributed by atoms with Crippen molar-refractivity contribution in [2.24, 2.45) is 0 Å².